The van der Waals surface area contributed by atoms with Crippen LogP contribution in [0.1, 0.15) is 50.9 Å². The zero-order valence-electron chi connectivity index (χ0n) is 13.6. The fraction of sp³-hybridized carbons (Fsp3) is 0.588. The molecule has 5 heteroatoms. The van der Waals surface area contributed by atoms with Crippen LogP contribution in [0.15, 0.2) is 18.3 Å². The lowest BCUT2D eigenvalue weighted by Crippen LogP contribution is -2.44. The van der Waals surface area contributed by atoms with E-state index in [4.69, 9.17) is 0 Å². The number of nitrogens with zero attached hydrogens (tertiary/aromatic N) is 2. The molecule has 2 rings (SSSR count). The van der Waals surface area contributed by atoms with Crippen molar-refractivity contribution in [3.05, 3.63) is 29.6 Å². The van der Waals surface area contributed by atoms with E-state index in [1.807, 2.05) is 11.0 Å². The van der Waals surface area contributed by atoms with Gasteiger partial charge in [-0.2, -0.15) is 0 Å². The van der Waals surface area contributed by atoms with Gasteiger partial charge < -0.3 is 10.2 Å². The maximum atomic E-state index is 12.6. The Morgan fingerprint density at radius 3 is 2.91 bits per heavy atom. The van der Waals surface area contributed by atoms with E-state index in [0.29, 0.717) is 12.5 Å². The number of fused-ring (bicyclic) bond motifs is 1. The summed E-state index contributed by atoms with van der Waals surface area (Å²) in [5.74, 6) is 0.155. The Labute approximate surface area is 132 Å². The van der Waals surface area contributed by atoms with Crippen LogP contribution < -0.4 is 5.32 Å². The minimum absolute atomic E-state index is 0.0219. The van der Waals surface area contributed by atoms with Gasteiger partial charge in [0.25, 0.3) is 0 Å². The highest BCUT2D eigenvalue weighted by atomic mass is 16.2. The highest BCUT2D eigenvalue weighted by Gasteiger charge is 2.30. The highest BCUT2D eigenvalue weighted by molar-refractivity contribution is 5.84. The largest absolute Gasteiger partial charge is 0.347 e. The molecule has 1 aromatic rings. The summed E-state index contributed by atoms with van der Waals surface area (Å²) in [4.78, 5) is 30.1. The number of hydrogen-bond donors (Lipinski definition) is 1. The topological polar surface area (TPSA) is 62.3 Å². The number of rotatable bonds is 5. The molecule has 0 aromatic carbocycles. The third-order valence-corrected chi connectivity index (χ3v) is 3.91. The van der Waals surface area contributed by atoms with Crippen molar-refractivity contribution < 1.29 is 9.59 Å². The summed E-state index contributed by atoms with van der Waals surface area (Å²) in [5.41, 5.74) is 2.26. The van der Waals surface area contributed by atoms with Gasteiger partial charge in [0.15, 0.2) is 0 Å². The second kappa shape index (κ2) is 7.38. The summed E-state index contributed by atoms with van der Waals surface area (Å²) in [6, 6.07) is 4.07. The van der Waals surface area contributed by atoms with Gasteiger partial charge in [-0.1, -0.05) is 19.9 Å². The van der Waals surface area contributed by atoms with Crippen molar-refractivity contribution in [3.63, 3.8) is 0 Å². The molecule has 0 spiro atoms. The Balaban J connectivity index is 2.22. The lowest BCUT2D eigenvalue weighted by atomic mass is 9.90. The Bertz CT molecular complexity index is 542. The minimum Gasteiger partial charge on any atom is -0.347 e. The fourth-order valence-electron chi connectivity index (χ4n) is 2.99. The first-order chi connectivity index (χ1) is 10.5. The van der Waals surface area contributed by atoms with Gasteiger partial charge in [-0.3, -0.25) is 14.6 Å². The van der Waals surface area contributed by atoms with Crippen molar-refractivity contribution in [2.45, 2.75) is 46.1 Å². The van der Waals surface area contributed by atoms with E-state index in [9.17, 15) is 9.59 Å². The van der Waals surface area contributed by atoms with Crippen LogP contribution in [0.2, 0.25) is 0 Å². The molecule has 0 saturated heterocycles. The predicted octanol–water partition coefficient (Wildman–Crippen LogP) is 2.08. The first-order valence-electron chi connectivity index (χ1n) is 7.96. The maximum Gasteiger partial charge on any atom is 0.242 e. The third-order valence-electron chi connectivity index (χ3n) is 3.91. The van der Waals surface area contributed by atoms with Crippen LogP contribution in [-0.4, -0.2) is 34.8 Å². The summed E-state index contributed by atoms with van der Waals surface area (Å²) in [7, 11) is 0. The maximum absolute atomic E-state index is 12.6. The average Bonchev–Trinajstić information content (AvgIpc) is 2.49. The number of pyridine rings is 1. The van der Waals surface area contributed by atoms with Crippen molar-refractivity contribution in [3.8, 4) is 0 Å². The number of nitrogens with one attached hydrogen (secondary N) is 1. The molecule has 0 radical (unpaired) electrons. The monoisotopic (exact) mass is 303 g/mol. The number of amides is 2. The molecule has 120 valence electrons. The van der Waals surface area contributed by atoms with Crippen LogP contribution in [0, 0.1) is 5.92 Å². The van der Waals surface area contributed by atoms with Gasteiger partial charge in [0.05, 0.1) is 18.3 Å². The predicted molar refractivity (Wildman–Crippen MR) is 85.2 cm³/mol. The second-order valence-corrected chi connectivity index (χ2v) is 6.31. The SMILES string of the molecule is CC(=O)NCC(=O)N(CC(C)C)[C@@H]1CCCc2cccnc21. The molecule has 0 saturated carbocycles. The second-order valence-electron chi connectivity index (χ2n) is 6.31. The summed E-state index contributed by atoms with van der Waals surface area (Å²) in [5, 5.41) is 2.61. The first-order valence-corrected chi connectivity index (χ1v) is 7.96. The molecule has 1 aliphatic carbocycles. The number of aryl methyl sites for hydroxylation is 1. The van der Waals surface area contributed by atoms with Gasteiger partial charge in [-0.05, 0) is 36.8 Å². The molecule has 0 fully saturated rings. The Kier molecular flexibility index (Phi) is 5.52. The Hall–Kier alpha value is -1.91. The molecule has 2 amide bonds. The zero-order chi connectivity index (χ0) is 16.1. The van der Waals surface area contributed by atoms with Gasteiger partial charge in [-0.15, -0.1) is 0 Å². The fourth-order valence-corrected chi connectivity index (χ4v) is 2.99. The Morgan fingerprint density at radius 1 is 1.45 bits per heavy atom. The van der Waals surface area contributed by atoms with E-state index < -0.39 is 0 Å². The van der Waals surface area contributed by atoms with Crippen LogP contribution in [0.25, 0.3) is 0 Å². The molecule has 1 heterocycles. The third kappa shape index (κ3) is 4.06. The summed E-state index contributed by atoms with van der Waals surface area (Å²) < 4.78 is 0. The van der Waals surface area contributed by atoms with Crippen LogP contribution in [-0.2, 0) is 16.0 Å². The van der Waals surface area contributed by atoms with Crippen LogP contribution in [0.5, 0.6) is 0 Å². The van der Waals surface area contributed by atoms with Crippen LogP contribution in [0.4, 0.5) is 0 Å². The quantitative estimate of drug-likeness (QED) is 0.906. The van der Waals surface area contributed by atoms with E-state index in [1.165, 1.54) is 12.5 Å². The van der Waals surface area contributed by atoms with E-state index in [2.05, 4.69) is 30.2 Å². The minimum atomic E-state index is -0.181. The molecule has 0 bridgehead atoms. The molecule has 1 N–H and O–H groups in total. The van der Waals surface area contributed by atoms with Crippen molar-refractivity contribution in [2.75, 3.05) is 13.1 Å². The van der Waals surface area contributed by atoms with Crippen LogP contribution in [0.3, 0.4) is 0 Å². The number of carbonyl (C=O) groups is 2. The van der Waals surface area contributed by atoms with Crippen molar-refractivity contribution in [2.24, 2.45) is 5.92 Å². The smallest absolute Gasteiger partial charge is 0.242 e. The van der Waals surface area contributed by atoms with E-state index in [1.54, 1.807) is 6.20 Å². The average molecular weight is 303 g/mol. The van der Waals surface area contributed by atoms with E-state index in [-0.39, 0.29) is 24.4 Å². The molecule has 1 aliphatic rings. The molecular weight excluding hydrogens is 278 g/mol. The number of carbonyl (C=O) groups excluding carboxylic acids is 2. The molecular formula is C17H25N3O2. The van der Waals surface area contributed by atoms with Gasteiger partial charge >= 0.3 is 0 Å². The highest BCUT2D eigenvalue weighted by Crippen LogP contribution is 2.33. The summed E-state index contributed by atoms with van der Waals surface area (Å²) in [6.45, 7) is 6.36. The number of aromatic nitrogens is 1. The molecule has 1 atom stereocenters. The summed E-state index contributed by atoms with van der Waals surface area (Å²) >= 11 is 0. The molecule has 5 nitrogen and oxygen atoms in total. The van der Waals surface area contributed by atoms with Crippen molar-refractivity contribution in [1.82, 2.24) is 15.2 Å². The van der Waals surface area contributed by atoms with Gasteiger partial charge in [0.2, 0.25) is 11.8 Å². The van der Waals surface area contributed by atoms with Gasteiger partial charge in [0.1, 0.15) is 0 Å². The zero-order valence-corrected chi connectivity index (χ0v) is 13.6. The van der Waals surface area contributed by atoms with Gasteiger partial charge in [0, 0.05) is 19.7 Å². The number of hydrogen-bond acceptors (Lipinski definition) is 3. The van der Waals surface area contributed by atoms with E-state index >= 15 is 0 Å². The first kappa shape index (κ1) is 16.5. The van der Waals surface area contributed by atoms with Crippen LogP contribution >= 0.6 is 0 Å². The van der Waals surface area contributed by atoms with Gasteiger partial charge in [-0.25, -0.2) is 0 Å². The normalized spacial score (nSPS) is 17.0. The Morgan fingerprint density at radius 2 is 2.23 bits per heavy atom. The lowest BCUT2D eigenvalue weighted by molar-refractivity contribution is -0.135. The van der Waals surface area contributed by atoms with Crippen molar-refractivity contribution >= 4 is 11.8 Å². The molecule has 0 aliphatic heterocycles. The van der Waals surface area contributed by atoms with E-state index in [0.717, 1.165) is 25.0 Å². The molecule has 1 aromatic heterocycles. The molecule has 22 heavy (non-hydrogen) atoms. The lowest BCUT2D eigenvalue weighted by Gasteiger charge is -2.36. The van der Waals surface area contributed by atoms with Crippen molar-refractivity contribution in [1.29, 1.82) is 0 Å². The summed E-state index contributed by atoms with van der Waals surface area (Å²) in [6.07, 6.45) is 4.81. The standard InChI is InChI=1S/C17H25N3O2/c1-12(2)11-20(16(22)10-19-13(3)21)15-8-4-6-14-7-5-9-18-17(14)15/h5,7,9,12,15H,4,6,8,10-11H2,1-3H3,(H,19,21)/t15-/m1/s1. The molecule has 0 unspecified atom stereocenters.